The van der Waals surface area contributed by atoms with E-state index < -0.39 is 11.7 Å². The molecule has 4 aliphatic rings. The number of anilines is 4. The van der Waals surface area contributed by atoms with Crippen LogP contribution in [0.3, 0.4) is 0 Å². The van der Waals surface area contributed by atoms with E-state index in [4.69, 9.17) is 26.6 Å². The molecule has 0 amide bonds. The molecule has 16 rings (SSSR count). The van der Waals surface area contributed by atoms with Gasteiger partial charge in [0.1, 0.15) is 23.3 Å². The van der Waals surface area contributed by atoms with E-state index in [9.17, 15) is 18.3 Å². The van der Waals surface area contributed by atoms with Gasteiger partial charge in [-0.15, -0.1) is 11.8 Å². The third kappa shape index (κ3) is 16.4. The first-order valence-electron chi connectivity index (χ1n) is 33.8. The highest BCUT2D eigenvalue weighted by Crippen LogP contribution is 2.39. The Labute approximate surface area is 573 Å². The van der Waals surface area contributed by atoms with Gasteiger partial charge < -0.3 is 24.7 Å². The number of aliphatic hydroxyl groups excluding tert-OH is 1. The quantitative estimate of drug-likeness (QED) is 0.130. The summed E-state index contributed by atoms with van der Waals surface area (Å²) in [4.78, 5) is 47.9. The van der Waals surface area contributed by atoms with E-state index in [0.29, 0.717) is 16.6 Å². The fraction of sp³-hybridized carbons (Fsp3) is 0.291. The van der Waals surface area contributed by atoms with Crippen LogP contribution in [0.15, 0.2) is 200 Å². The summed E-state index contributed by atoms with van der Waals surface area (Å²) in [5.74, 6) is 3.76. The summed E-state index contributed by atoms with van der Waals surface area (Å²) < 4.78 is 40.0. The Kier molecular flexibility index (Phi) is 21.4. The number of aromatic nitrogens is 8. The first kappa shape index (κ1) is 66.3. The summed E-state index contributed by atoms with van der Waals surface area (Å²) in [5, 5.41) is 10.1. The fourth-order valence-corrected chi connectivity index (χ4v) is 13.8. The number of halogens is 4. The zero-order valence-corrected chi connectivity index (χ0v) is 56.1. The maximum Gasteiger partial charge on any atom is 0.417 e. The summed E-state index contributed by atoms with van der Waals surface area (Å²) in [5.41, 5.74) is 14.6. The summed E-state index contributed by atoms with van der Waals surface area (Å²) in [7, 11) is 0. The number of hydrogen-bond donors (Lipinski definition) is 1. The number of fused-ring (bicyclic) bond motifs is 4. The van der Waals surface area contributed by atoms with Gasteiger partial charge in [-0.1, -0.05) is 103 Å². The lowest BCUT2D eigenvalue weighted by molar-refractivity contribution is -0.137. The van der Waals surface area contributed by atoms with Gasteiger partial charge in [-0.25, -0.2) is 19.9 Å². The van der Waals surface area contributed by atoms with Crippen LogP contribution < -0.4 is 19.6 Å². The molecule has 8 aromatic carbocycles. The van der Waals surface area contributed by atoms with Gasteiger partial charge in [0, 0.05) is 67.8 Å². The standard InChI is InChI=1S/C20H18F3N3.C20H21N3O.C20H21N3S.C19H18ClN3/c21-20(22,23)16-7-3-2-6-15(16)14-8-9-17-18(12-14)25-19(13-24-17)26-10-4-1-5-11-26;24-14-15-5-4-6-16(11-15)17-7-8-18-19(12-17)22-20(13-21-18)23-9-2-1-3-10-23;1-24-17-7-5-6-15(12-17)16-8-9-18-19(13-16)22-20(14-21-18)23-10-3-2-4-11-23;20-16-7-3-2-6-15(16)14-8-9-17-18(12-14)22-19(13-21-17)23-10-4-1-5-11-23/h2-3,6-9,12-13H,1,4-5,10-11H2;4-8,11-13,24H,1-3,9-10,14H2;5-9,12-14H,2-4,10-11H2,1H3;2-3,6-9,12-13H,1,4-5,10-11H2. The summed E-state index contributed by atoms with van der Waals surface area (Å²) in [6.07, 6.45) is 20.0. The van der Waals surface area contributed by atoms with Crippen LogP contribution in [-0.2, 0) is 12.8 Å². The van der Waals surface area contributed by atoms with Crippen LogP contribution >= 0.6 is 23.4 Å². The van der Waals surface area contributed by atoms with Gasteiger partial charge in [0.2, 0.25) is 0 Å². The predicted molar refractivity (Wildman–Crippen MR) is 392 cm³/mol. The summed E-state index contributed by atoms with van der Waals surface area (Å²) >= 11 is 8.09. The van der Waals surface area contributed by atoms with Crippen LogP contribution in [0, 0.1) is 0 Å². The third-order valence-electron chi connectivity index (χ3n) is 18.4. The molecule has 0 radical (unpaired) electrons. The molecular formula is C79H78ClF3N12OS. The highest BCUT2D eigenvalue weighted by atomic mass is 35.5. The van der Waals surface area contributed by atoms with E-state index in [-0.39, 0.29) is 12.2 Å². The molecule has 0 saturated carbocycles. The Morgan fingerprint density at radius 2 is 0.722 bits per heavy atom. The van der Waals surface area contributed by atoms with Crippen molar-refractivity contribution < 1.29 is 18.3 Å². The Bertz CT molecular complexity index is 4530. The normalized spacial score (nSPS) is 15.1. The molecule has 13 nitrogen and oxygen atoms in total. The van der Waals surface area contributed by atoms with E-state index >= 15 is 0 Å². The van der Waals surface area contributed by atoms with E-state index in [1.165, 1.54) is 92.4 Å². The molecule has 12 aromatic rings. The minimum absolute atomic E-state index is 0.0559. The molecule has 4 aliphatic heterocycles. The van der Waals surface area contributed by atoms with Crippen LogP contribution in [0.1, 0.15) is 88.2 Å². The molecule has 0 unspecified atom stereocenters. The van der Waals surface area contributed by atoms with Gasteiger partial charge >= 0.3 is 6.18 Å². The molecule has 1 N–H and O–H groups in total. The molecule has 0 aliphatic carbocycles. The molecule has 8 heterocycles. The minimum Gasteiger partial charge on any atom is -0.392 e. The van der Waals surface area contributed by atoms with Gasteiger partial charge in [0.25, 0.3) is 0 Å². The van der Waals surface area contributed by atoms with Gasteiger partial charge in [0.15, 0.2) is 0 Å². The van der Waals surface area contributed by atoms with Crippen LogP contribution in [0.25, 0.3) is 88.6 Å². The number of hydrogen-bond acceptors (Lipinski definition) is 14. The minimum atomic E-state index is -4.40. The molecular weight excluding hydrogens is 1260 g/mol. The largest absolute Gasteiger partial charge is 0.417 e. The van der Waals surface area contributed by atoms with Crippen molar-refractivity contribution in [3.8, 4) is 44.5 Å². The SMILES string of the molecule is CSc1cccc(-c2ccc3ncc(N4CCCCC4)nc3c2)c1.Clc1ccccc1-c1ccc2ncc(N3CCCCC3)nc2c1.FC(F)(F)c1ccccc1-c1ccc2ncc(N3CCCCC3)nc2c1.OCc1cccc(-c2ccc3ncc(N4CCCCC4)nc3c2)c1. The highest BCUT2D eigenvalue weighted by molar-refractivity contribution is 7.98. The van der Waals surface area contributed by atoms with Crippen LogP contribution in [0.5, 0.6) is 0 Å². The third-order valence-corrected chi connectivity index (χ3v) is 19.5. The highest BCUT2D eigenvalue weighted by Gasteiger charge is 2.33. The Hall–Kier alpha value is -9.29. The Balaban J connectivity index is 0.000000117. The zero-order chi connectivity index (χ0) is 66.5. The van der Waals surface area contributed by atoms with Crippen LogP contribution in [0.4, 0.5) is 36.4 Å². The van der Waals surface area contributed by atoms with Crippen molar-refractivity contribution in [2.45, 2.75) is 94.7 Å². The lowest BCUT2D eigenvalue weighted by Gasteiger charge is -2.27. The first-order chi connectivity index (χ1) is 47.5. The molecule has 0 spiro atoms. The monoisotopic (exact) mass is 1330 g/mol. The number of benzene rings is 8. The van der Waals surface area contributed by atoms with Gasteiger partial charge in [-0.2, -0.15) is 13.2 Å². The van der Waals surface area contributed by atoms with Crippen molar-refractivity contribution in [1.29, 1.82) is 0 Å². The number of piperidine rings is 4. The van der Waals surface area contributed by atoms with Crippen molar-refractivity contribution in [3.63, 3.8) is 0 Å². The van der Waals surface area contributed by atoms with E-state index in [1.54, 1.807) is 42.2 Å². The number of rotatable bonds is 10. The predicted octanol–water partition coefficient (Wildman–Crippen LogP) is 19.0. The van der Waals surface area contributed by atoms with Gasteiger partial charge in [-0.05, 0) is 207 Å². The number of aliphatic hydroxyl groups is 1. The number of nitrogens with zero attached hydrogens (tertiary/aromatic N) is 12. The van der Waals surface area contributed by atoms with Crippen molar-refractivity contribution in [2.75, 3.05) is 78.2 Å². The Morgan fingerprint density at radius 1 is 0.371 bits per heavy atom. The number of thioether (sulfide) groups is 1. The first-order valence-corrected chi connectivity index (χ1v) is 35.4. The summed E-state index contributed by atoms with van der Waals surface area (Å²) in [6, 6.07) is 53.9. The van der Waals surface area contributed by atoms with Crippen molar-refractivity contribution in [3.05, 3.63) is 211 Å². The van der Waals surface area contributed by atoms with Crippen LogP contribution in [-0.4, -0.2) is 104 Å². The van der Waals surface area contributed by atoms with Gasteiger partial charge in [0.05, 0.1) is 81.1 Å². The van der Waals surface area contributed by atoms with E-state index in [2.05, 4.69) is 124 Å². The maximum atomic E-state index is 13.3. The summed E-state index contributed by atoms with van der Waals surface area (Å²) in [6.45, 7) is 8.41. The molecule has 0 bridgehead atoms. The molecule has 4 fully saturated rings. The second kappa shape index (κ2) is 31.3. The lowest BCUT2D eigenvalue weighted by Crippen LogP contribution is -2.30. The van der Waals surface area contributed by atoms with E-state index in [1.807, 2.05) is 73.2 Å². The fourth-order valence-electron chi connectivity index (χ4n) is 13.1. The molecule has 4 aromatic heterocycles. The lowest BCUT2D eigenvalue weighted by atomic mass is 9.99. The smallest absolute Gasteiger partial charge is 0.392 e. The second-order valence-electron chi connectivity index (χ2n) is 25.0. The van der Waals surface area contributed by atoms with Crippen LogP contribution in [0.2, 0.25) is 5.02 Å². The van der Waals surface area contributed by atoms with Crippen molar-refractivity contribution in [1.82, 2.24) is 39.9 Å². The molecule has 97 heavy (non-hydrogen) atoms. The number of alkyl halides is 3. The zero-order valence-electron chi connectivity index (χ0n) is 54.6. The topological polar surface area (TPSA) is 136 Å². The van der Waals surface area contributed by atoms with Gasteiger partial charge in [-0.3, -0.25) is 19.9 Å². The average molecular weight is 1340 g/mol. The maximum absolute atomic E-state index is 13.3. The molecule has 494 valence electrons. The second-order valence-corrected chi connectivity index (χ2v) is 26.3. The van der Waals surface area contributed by atoms with E-state index in [0.717, 1.165) is 160 Å². The van der Waals surface area contributed by atoms with Crippen molar-refractivity contribution >= 4 is 90.8 Å². The molecule has 0 atom stereocenters. The molecule has 4 saturated heterocycles. The van der Waals surface area contributed by atoms with Crippen molar-refractivity contribution in [2.24, 2.45) is 0 Å². The average Bonchev–Trinajstić information content (AvgIpc) is 0.853. The Morgan fingerprint density at radius 3 is 1.12 bits per heavy atom. The molecule has 18 heteroatoms.